The first-order valence-corrected chi connectivity index (χ1v) is 4.55. The predicted octanol–water partition coefficient (Wildman–Crippen LogP) is 2.38. The van der Waals surface area contributed by atoms with Crippen molar-refractivity contribution in [1.82, 2.24) is 0 Å². The van der Waals surface area contributed by atoms with Gasteiger partial charge in [-0.3, -0.25) is 0 Å². The van der Waals surface area contributed by atoms with Gasteiger partial charge in [0.1, 0.15) is 0 Å². The van der Waals surface area contributed by atoms with E-state index in [1.807, 2.05) is 0 Å². The summed E-state index contributed by atoms with van der Waals surface area (Å²) in [5.74, 6) is -5.48. The number of rotatable bonds is 2. The van der Waals surface area contributed by atoms with Crippen LogP contribution in [0.3, 0.4) is 0 Å². The largest absolute Gasteiger partial charge is 0.465 e. The first kappa shape index (κ1) is 10.4. The summed E-state index contributed by atoms with van der Waals surface area (Å²) in [6.07, 6.45) is 3.44. The quantitative estimate of drug-likeness (QED) is 0.628. The fourth-order valence-electron chi connectivity index (χ4n) is 1.77. The number of esters is 1. The van der Waals surface area contributed by atoms with Crippen molar-refractivity contribution < 1.29 is 18.3 Å². The van der Waals surface area contributed by atoms with Gasteiger partial charge in [0.05, 0.1) is 7.11 Å². The molecule has 0 aromatic rings. The lowest BCUT2D eigenvalue weighted by atomic mass is 9.84. The number of alkyl halides is 2. The molecule has 1 fully saturated rings. The maximum atomic E-state index is 13.2. The number of hydrogen-bond donors (Lipinski definition) is 0. The molecule has 0 unspecified atom stereocenters. The van der Waals surface area contributed by atoms with E-state index in [1.54, 1.807) is 0 Å². The lowest BCUT2D eigenvalue weighted by Gasteiger charge is -2.27. The highest BCUT2D eigenvalue weighted by molar-refractivity contribution is 5.77. The molecule has 0 aromatic carbocycles. The van der Waals surface area contributed by atoms with E-state index in [1.165, 1.54) is 0 Å². The molecule has 0 amide bonds. The first-order valence-electron chi connectivity index (χ1n) is 4.55. The van der Waals surface area contributed by atoms with Crippen LogP contribution >= 0.6 is 0 Å². The zero-order chi connectivity index (χ0) is 9.90. The summed E-state index contributed by atoms with van der Waals surface area (Å²) in [7, 11) is 0.999. The lowest BCUT2D eigenvalue weighted by molar-refractivity contribution is -0.179. The van der Waals surface area contributed by atoms with Gasteiger partial charge in [-0.2, -0.15) is 8.78 Å². The van der Waals surface area contributed by atoms with Crippen molar-refractivity contribution in [1.29, 1.82) is 0 Å². The Balaban J connectivity index is 2.60. The Hall–Kier alpha value is -0.670. The molecule has 0 radical (unpaired) electrons. The molecule has 0 spiro atoms. The predicted molar refractivity (Wildman–Crippen MR) is 43.5 cm³/mol. The van der Waals surface area contributed by atoms with Gasteiger partial charge in [0.2, 0.25) is 0 Å². The zero-order valence-electron chi connectivity index (χ0n) is 7.69. The van der Waals surface area contributed by atoms with Crippen molar-refractivity contribution in [3.05, 3.63) is 0 Å². The normalized spacial score (nSPS) is 19.9. The van der Waals surface area contributed by atoms with Crippen LogP contribution in [-0.4, -0.2) is 19.0 Å². The highest BCUT2D eigenvalue weighted by Gasteiger charge is 2.48. The molecule has 0 heterocycles. The van der Waals surface area contributed by atoms with Crippen LogP contribution in [0.25, 0.3) is 0 Å². The van der Waals surface area contributed by atoms with E-state index < -0.39 is 17.8 Å². The summed E-state index contributed by atoms with van der Waals surface area (Å²) in [6.45, 7) is 0. The average molecular weight is 192 g/mol. The Morgan fingerprint density at radius 3 is 2.31 bits per heavy atom. The third-order valence-corrected chi connectivity index (χ3v) is 2.58. The molecule has 4 heteroatoms. The van der Waals surface area contributed by atoms with Crippen LogP contribution in [0, 0.1) is 5.92 Å². The molecule has 1 saturated carbocycles. The molecule has 0 saturated heterocycles. The Morgan fingerprint density at radius 1 is 1.31 bits per heavy atom. The number of carbonyl (C=O) groups excluding carboxylic acids is 1. The topological polar surface area (TPSA) is 26.3 Å². The van der Waals surface area contributed by atoms with Gasteiger partial charge < -0.3 is 4.74 Å². The Kier molecular flexibility index (Phi) is 3.22. The van der Waals surface area contributed by atoms with Crippen molar-refractivity contribution in [2.75, 3.05) is 7.11 Å². The Labute approximate surface area is 76.3 Å². The monoisotopic (exact) mass is 192 g/mol. The molecule has 2 nitrogen and oxygen atoms in total. The minimum atomic E-state index is -3.28. The van der Waals surface area contributed by atoms with Gasteiger partial charge in [-0.05, 0) is 12.8 Å². The van der Waals surface area contributed by atoms with Gasteiger partial charge >= 0.3 is 11.9 Å². The summed E-state index contributed by atoms with van der Waals surface area (Å²) in [4.78, 5) is 10.8. The van der Waals surface area contributed by atoms with Gasteiger partial charge in [-0.25, -0.2) is 4.79 Å². The third-order valence-electron chi connectivity index (χ3n) is 2.58. The number of halogens is 2. The molecule has 0 bridgehead atoms. The molecule has 1 rings (SSSR count). The maximum Gasteiger partial charge on any atom is 0.377 e. The van der Waals surface area contributed by atoms with Crippen LogP contribution in [0.1, 0.15) is 32.1 Å². The van der Waals surface area contributed by atoms with Gasteiger partial charge in [0.25, 0.3) is 0 Å². The van der Waals surface area contributed by atoms with E-state index in [0.29, 0.717) is 12.8 Å². The molecule has 0 aliphatic heterocycles. The van der Waals surface area contributed by atoms with E-state index >= 15 is 0 Å². The Bertz CT molecular complexity index is 186. The summed E-state index contributed by atoms with van der Waals surface area (Å²) in [5.41, 5.74) is 0. The van der Waals surface area contributed by atoms with E-state index in [-0.39, 0.29) is 0 Å². The van der Waals surface area contributed by atoms with Crippen LogP contribution in [0.2, 0.25) is 0 Å². The van der Waals surface area contributed by atoms with Crippen molar-refractivity contribution in [2.45, 2.75) is 38.0 Å². The summed E-state index contributed by atoms with van der Waals surface area (Å²) >= 11 is 0. The molecule has 0 N–H and O–H groups in total. The smallest absolute Gasteiger partial charge is 0.377 e. The Morgan fingerprint density at radius 2 is 1.85 bits per heavy atom. The molecule has 1 aliphatic carbocycles. The van der Waals surface area contributed by atoms with Crippen LogP contribution < -0.4 is 0 Å². The summed E-state index contributed by atoms with van der Waals surface area (Å²) < 4.78 is 30.5. The van der Waals surface area contributed by atoms with Crippen LogP contribution in [-0.2, 0) is 9.53 Å². The number of methoxy groups -OCH3 is 1. The minimum Gasteiger partial charge on any atom is -0.465 e. The fourth-order valence-corrected chi connectivity index (χ4v) is 1.77. The number of ether oxygens (including phenoxy) is 1. The van der Waals surface area contributed by atoms with Crippen molar-refractivity contribution >= 4 is 5.97 Å². The average Bonchev–Trinajstić information content (AvgIpc) is 2.18. The molecular formula is C9H14F2O2. The van der Waals surface area contributed by atoms with Gasteiger partial charge in [-0.1, -0.05) is 19.3 Å². The number of carbonyl (C=O) groups is 1. The van der Waals surface area contributed by atoms with E-state index in [9.17, 15) is 13.6 Å². The lowest BCUT2D eigenvalue weighted by Crippen LogP contribution is -2.39. The third kappa shape index (κ3) is 2.17. The highest BCUT2D eigenvalue weighted by Crippen LogP contribution is 2.37. The van der Waals surface area contributed by atoms with E-state index in [2.05, 4.69) is 4.74 Å². The molecule has 13 heavy (non-hydrogen) atoms. The van der Waals surface area contributed by atoms with Crippen LogP contribution in [0.4, 0.5) is 8.78 Å². The van der Waals surface area contributed by atoms with Gasteiger partial charge in [0.15, 0.2) is 0 Å². The molecule has 1 aliphatic rings. The van der Waals surface area contributed by atoms with E-state index in [0.717, 1.165) is 26.4 Å². The minimum absolute atomic E-state index is 0.433. The van der Waals surface area contributed by atoms with Crippen molar-refractivity contribution in [3.63, 3.8) is 0 Å². The standard InChI is InChI=1S/C9H14F2O2/c1-13-8(12)9(10,11)7-5-3-2-4-6-7/h7H,2-6H2,1H3. The maximum absolute atomic E-state index is 13.2. The van der Waals surface area contributed by atoms with Crippen molar-refractivity contribution in [3.8, 4) is 0 Å². The second kappa shape index (κ2) is 4.03. The molecule has 0 aromatic heterocycles. The molecular weight excluding hydrogens is 178 g/mol. The first-order chi connectivity index (χ1) is 6.09. The fraction of sp³-hybridized carbons (Fsp3) is 0.889. The second-order valence-corrected chi connectivity index (χ2v) is 3.45. The van der Waals surface area contributed by atoms with Crippen molar-refractivity contribution in [2.24, 2.45) is 5.92 Å². The summed E-state index contributed by atoms with van der Waals surface area (Å²) in [6, 6.07) is 0. The van der Waals surface area contributed by atoms with Crippen LogP contribution in [0.5, 0.6) is 0 Å². The van der Waals surface area contributed by atoms with E-state index in [4.69, 9.17) is 0 Å². The highest BCUT2D eigenvalue weighted by atomic mass is 19.3. The zero-order valence-corrected chi connectivity index (χ0v) is 7.69. The number of hydrogen-bond acceptors (Lipinski definition) is 2. The second-order valence-electron chi connectivity index (χ2n) is 3.45. The molecule has 76 valence electrons. The van der Waals surface area contributed by atoms with Crippen LogP contribution in [0.15, 0.2) is 0 Å². The van der Waals surface area contributed by atoms with Gasteiger partial charge in [-0.15, -0.1) is 0 Å². The molecule has 0 atom stereocenters. The van der Waals surface area contributed by atoms with Gasteiger partial charge in [0, 0.05) is 5.92 Å². The SMILES string of the molecule is COC(=O)C(F)(F)C1CCCCC1. The summed E-state index contributed by atoms with van der Waals surface area (Å²) in [5, 5.41) is 0.